The number of carbonyl (C=O) groups excluding carboxylic acids is 2. The molecule has 1 unspecified atom stereocenters. The molecule has 2 aromatic carbocycles. The van der Waals surface area contributed by atoms with Crippen molar-refractivity contribution in [2.24, 2.45) is 0 Å². The molecule has 0 heterocycles. The minimum Gasteiger partial charge on any atom is -0.326 e. The molecule has 0 aromatic heterocycles. The van der Waals surface area contributed by atoms with Crippen molar-refractivity contribution >= 4 is 27.7 Å². The van der Waals surface area contributed by atoms with Crippen LogP contribution >= 0.6 is 15.9 Å². The molecule has 5 nitrogen and oxygen atoms in total. The molecule has 0 aliphatic rings. The number of quaternary nitrogens is 1. The molecule has 1 atom stereocenters. The van der Waals surface area contributed by atoms with Gasteiger partial charge in [-0.25, -0.2) is 0 Å². The molecule has 0 bridgehead atoms. The normalized spacial score (nSPS) is 11.6. The second kappa shape index (κ2) is 8.45. The second-order valence-corrected chi connectivity index (χ2v) is 6.22. The summed E-state index contributed by atoms with van der Waals surface area (Å²) in [4.78, 5) is 24.7. The first-order valence-electron chi connectivity index (χ1n) is 7.24. The molecule has 120 valence electrons. The third kappa shape index (κ3) is 5.84. The average molecular weight is 377 g/mol. The second-order valence-electron chi connectivity index (χ2n) is 5.31. The van der Waals surface area contributed by atoms with E-state index in [1.54, 1.807) is 24.3 Å². The third-order valence-corrected chi connectivity index (χ3v) is 3.76. The van der Waals surface area contributed by atoms with Crippen molar-refractivity contribution in [2.75, 3.05) is 13.6 Å². The highest BCUT2D eigenvalue weighted by molar-refractivity contribution is 9.10. The molecule has 2 rings (SSSR count). The molecule has 0 radical (unpaired) electrons. The van der Waals surface area contributed by atoms with Gasteiger partial charge < -0.3 is 4.90 Å². The van der Waals surface area contributed by atoms with Gasteiger partial charge in [0.05, 0.1) is 7.05 Å². The lowest BCUT2D eigenvalue weighted by molar-refractivity contribution is -0.885. The fourth-order valence-corrected chi connectivity index (χ4v) is 2.38. The van der Waals surface area contributed by atoms with Gasteiger partial charge in [0, 0.05) is 15.6 Å². The standard InChI is InChI=1S/C17H18BrN3O2/c1-21(11-13-7-9-15(18)10-8-13)12-16(22)19-20-17(23)14-5-3-2-4-6-14/h2-10H,11-12H2,1H3,(H,19,22)(H,20,23)/p+1. The van der Waals surface area contributed by atoms with Crippen LogP contribution in [0, 0.1) is 0 Å². The Kier molecular flexibility index (Phi) is 6.31. The molecule has 0 saturated carbocycles. The van der Waals surface area contributed by atoms with Crippen LogP contribution in [0.4, 0.5) is 0 Å². The number of benzene rings is 2. The van der Waals surface area contributed by atoms with E-state index in [9.17, 15) is 9.59 Å². The Labute approximate surface area is 143 Å². The molecule has 0 aliphatic heterocycles. The van der Waals surface area contributed by atoms with Crippen LogP contribution in [0.2, 0.25) is 0 Å². The quantitative estimate of drug-likeness (QED) is 0.679. The highest BCUT2D eigenvalue weighted by Gasteiger charge is 2.12. The number of hydrogen-bond acceptors (Lipinski definition) is 2. The van der Waals surface area contributed by atoms with E-state index in [4.69, 9.17) is 0 Å². The van der Waals surface area contributed by atoms with Gasteiger partial charge in [0.1, 0.15) is 6.54 Å². The molecule has 23 heavy (non-hydrogen) atoms. The highest BCUT2D eigenvalue weighted by atomic mass is 79.9. The van der Waals surface area contributed by atoms with Crippen LogP contribution in [0.15, 0.2) is 59.1 Å². The van der Waals surface area contributed by atoms with Gasteiger partial charge in [0.15, 0.2) is 6.54 Å². The Balaban J connectivity index is 1.75. The molecule has 3 N–H and O–H groups in total. The lowest BCUT2D eigenvalue weighted by Crippen LogP contribution is -3.09. The van der Waals surface area contributed by atoms with Crippen LogP contribution in [-0.2, 0) is 11.3 Å². The lowest BCUT2D eigenvalue weighted by atomic mass is 10.2. The molecule has 0 aliphatic carbocycles. The van der Waals surface area contributed by atoms with Gasteiger partial charge in [-0.15, -0.1) is 0 Å². The fraction of sp³-hybridized carbons (Fsp3) is 0.176. The summed E-state index contributed by atoms with van der Waals surface area (Å²) in [5.41, 5.74) is 6.51. The number of hydrogen-bond donors (Lipinski definition) is 3. The van der Waals surface area contributed by atoms with Crippen LogP contribution in [0.3, 0.4) is 0 Å². The molecule has 2 aromatic rings. The van der Waals surface area contributed by atoms with Crippen LogP contribution in [-0.4, -0.2) is 25.4 Å². The van der Waals surface area contributed by atoms with Crippen LogP contribution in [0.25, 0.3) is 0 Å². The van der Waals surface area contributed by atoms with Crippen molar-refractivity contribution in [3.8, 4) is 0 Å². The van der Waals surface area contributed by atoms with Gasteiger partial charge in [-0.2, -0.15) is 0 Å². The molecule has 6 heteroatoms. The maximum Gasteiger partial charge on any atom is 0.293 e. The van der Waals surface area contributed by atoms with Crippen LogP contribution in [0.5, 0.6) is 0 Å². The summed E-state index contributed by atoms with van der Waals surface area (Å²) in [7, 11) is 1.93. The molecule has 2 amide bonds. The molecular weight excluding hydrogens is 358 g/mol. The van der Waals surface area contributed by atoms with Gasteiger partial charge in [0.2, 0.25) is 0 Å². The average Bonchev–Trinajstić information content (AvgIpc) is 2.55. The Bertz CT molecular complexity index is 659. The Morgan fingerprint density at radius 2 is 1.65 bits per heavy atom. The van der Waals surface area contributed by atoms with E-state index in [2.05, 4.69) is 26.8 Å². The van der Waals surface area contributed by atoms with Crippen molar-refractivity contribution in [3.05, 3.63) is 70.2 Å². The molecule has 0 fully saturated rings. The first kappa shape index (κ1) is 17.2. The zero-order valence-corrected chi connectivity index (χ0v) is 14.4. The number of rotatable bonds is 5. The summed E-state index contributed by atoms with van der Waals surface area (Å²) in [6.45, 7) is 0.998. The molecular formula is C17H19BrN3O2+. The lowest BCUT2D eigenvalue weighted by Gasteiger charge is -2.14. The first-order valence-corrected chi connectivity index (χ1v) is 8.04. The van der Waals surface area contributed by atoms with Gasteiger partial charge in [0.25, 0.3) is 11.8 Å². The van der Waals surface area contributed by atoms with Crippen LogP contribution in [0.1, 0.15) is 15.9 Å². The minimum absolute atomic E-state index is 0.233. The summed E-state index contributed by atoms with van der Waals surface area (Å²) in [5, 5.41) is 0. The Morgan fingerprint density at radius 3 is 2.30 bits per heavy atom. The summed E-state index contributed by atoms with van der Waals surface area (Å²) < 4.78 is 1.03. The number of likely N-dealkylation sites (N-methyl/N-ethyl adjacent to an activating group) is 1. The van der Waals surface area contributed by atoms with E-state index in [1.165, 1.54) is 0 Å². The van der Waals surface area contributed by atoms with E-state index in [0.717, 1.165) is 21.5 Å². The monoisotopic (exact) mass is 376 g/mol. The van der Waals surface area contributed by atoms with E-state index >= 15 is 0 Å². The van der Waals surface area contributed by atoms with E-state index in [-0.39, 0.29) is 18.4 Å². The zero-order chi connectivity index (χ0) is 16.7. The zero-order valence-electron chi connectivity index (χ0n) is 12.8. The van der Waals surface area contributed by atoms with Crippen molar-refractivity contribution in [1.29, 1.82) is 0 Å². The topological polar surface area (TPSA) is 62.6 Å². The number of carbonyl (C=O) groups is 2. The van der Waals surface area contributed by atoms with Crippen LogP contribution < -0.4 is 15.8 Å². The number of halogens is 1. The predicted molar refractivity (Wildman–Crippen MR) is 91.7 cm³/mol. The van der Waals surface area contributed by atoms with E-state index in [0.29, 0.717) is 5.56 Å². The van der Waals surface area contributed by atoms with Crippen molar-refractivity contribution in [1.82, 2.24) is 10.9 Å². The van der Waals surface area contributed by atoms with Crippen molar-refractivity contribution < 1.29 is 14.5 Å². The fourth-order valence-electron chi connectivity index (χ4n) is 2.12. The van der Waals surface area contributed by atoms with E-state index < -0.39 is 0 Å². The Morgan fingerprint density at radius 1 is 1.00 bits per heavy atom. The Hall–Kier alpha value is -2.18. The smallest absolute Gasteiger partial charge is 0.293 e. The summed E-state index contributed by atoms with van der Waals surface area (Å²) in [6.07, 6.45) is 0. The maximum atomic E-state index is 11.9. The summed E-state index contributed by atoms with van der Waals surface area (Å²) in [5.74, 6) is -0.562. The van der Waals surface area contributed by atoms with Crippen molar-refractivity contribution in [3.63, 3.8) is 0 Å². The van der Waals surface area contributed by atoms with Crippen molar-refractivity contribution in [2.45, 2.75) is 6.54 Å². The van der Waals surface area contributed by atoms with Gasteiger partial charge in [-0.05, 0) is 24.3 Å². The van der Waals surface area contributed by atoms with Gasteiger partial charge in [-0.3, -0.25) is 20.4 Å². The molecule has 0 saturated heterocycles. The SMILES string of the molecule is C[NH+](CC(=O)NNC(=O)c1ccccc1)Cc1ccc(Br)cc1. The maximum absolute atomic E-state index is 11.9. The summed E-state index contributed by atoms with van der Waals surface area (Å²) >= 11 is 3.39. The third-order valence-electron chi connectivity index (χ3n) is 3.23. The number of nitrogens with one attached hydrogen (secondary N) is 3. The minimum atomic E-state index is -0.329. The number of hydrazine groups is 1. The highest BCUT2D eigenvalue weighted by Crippen LogP contribution is 2.09. The number of amides is 2. The first-order chi connectivity index (χ1) is 11.0. The van der Waals surface area contributed by atoms with Gasteiger partial charge in [-0.1, -0.05) is 46.3 Å². The largest absolute Gasteiger partial charge is 0.326 e. The predicted octanol–water partition coefficient (Wildman–Crippen LogP) is 0.925. The van der Waals surface area contributed by atoms with E-state index in [1.807, 2.05) is 37.4 Å². The molecule has 0 spiro atoms. The summed E-state index contributed by atoms with van der Waals surface area (Å²) in [6, 6.07) is 16.7. The van der Waals surface area contributed by atoms with Gasteiger partial charge >= 0.3 is 0 Å².